The molecule has 0 saturated heterocycles. The first-order valence-electron chi connectivity index (χ1n) is 9.29. The van der Waals surface area contributed by atoms with Gasteiger partial charge in [0.1, 0.15) is 24.7 Å². The van der Waals surface area contributed by atoms with Gasteiger partial charge in [-0.2, -0.15) is 13.2 Å². The molecule has 0 bridgehead atoms. The Morgan fingerprint density at radius 2 is 1.79 bits per heavy atom. The summed E-state index contributed by atoms with van der Waals surface area (Å²) in [7, 11) is 0. The monoisotopic (exact) mass is 404 g/mol. The van der Waals surface area contributed by atoms with Crippen LogP contribution in [0.3, 0.4) is 0 Å². The number of aromatic nitrogens is 2. The quantitative estimate of drug-likeness (QED) is 0.399. The van der Waals surface area contributed by atoms with Crippen LogP contribution in [-0.4, -0.2) is 23.4 Å². The van der Waals surface area contributed by atoms with E-state index in [1.165, 1.54) is 12.1 Å². The minimum absolute atomic E-state index is 0.0521. The first kappa shape index (κ1) is 19.2. The maximum atomic E-state index is 13.1. The van der Waals surface area contributed by atoms with E-state index in [0.29, 0.717) is 17.7 Å². The maximum absolute atomic E-state index is 13.1. The standard InChI is InChI=1S/C21H19F3N2O3/c1-2-4-14-18(8-7-15-19(14)29-26-20(15)21(22,23)24)28-12-11-27-17-6-3-5-16-13(17)9-10-25-16/h3,5-10,25H,2,4,11-12H2,1H3. The molecular formula is C21H19F3N2O3. The van der Waals surface area contributed by atoms with Crippen molar-refractivity contribution >= 4 is 21.9 Å². The molecule has 0 spiro atoms. The van der Waals surface area contributed by atoms with E-state index in [0.717, 1.165) is 23.1 Å². The third-order valence-corrected chi connectivity index (χ3v) is 4.62. The molecule has 0 amide bonds. The number of H-pyrrole nitrogens is 1. The molecule has 4 rings (SSSR count). The molecule has 2 heterocycles. The minimum Gasteiger partial charge on any atom is -0.490 e. The minimum atomic E-state index is -4.57. The number of rotatable bonds is 7. The Balaban J connectivity index is 1.50. The summed E-state index contributed by atoms with van der Waals surface area (Å²) in [5.41, 5.74) is 0.666. The van der Waals surface area contributed by atoms with Crippen LogP contribution >= 0.6 is 0 Å². The Morgan fingerprint density at radius 3 is 2.55 bits per heavy atom. The van der Waals surface area contributed by atoms with Crippen molar-refractivity contribution in [3.8, 4) is 11.5 Å². The van der Waals surface area contributed by atoms with Gasteiger partial charge in [-0.05, 0) is 36.8 Å². The second-order valence-corrected chi connectivity index (χ2v) is 6.59. The fourth-order valence-corrected chi connectivity index (χ4v) is 3.35. The molecule has 0 aliphatic rings. The lowest BCUT2D eigenvalue weighted by molar-refractivity contribution is -0.141. The van der Waals surface area contributed by atoms with Gasteiger partial charge in [0.05, 0.1) is 5.39 Å². The van der Waals surface area contributed by atoms with Gasteiger partial charge >= 0.3 is 6.18 Å². The molecule has 0 fully saturated rings. The number of benzene rings is 2. The van der Waals surface area contributed by atoms with Gasteiger partial charge < -0.3 is 19.0 Å². The van der Waals surface area contributed by atoms with Crippen molar-refractivity contribution in [1.82, 2.24) is 10.1 Å². The van der Waals surface area contributed by atoms with E-state index < -0.39 is 11.9 Å². The van der Waals surface area contributed by atoms with E-state index in [9.17, 15) is 13.2 Å². The summed E-state index contributed by atoms with van der Waals surface area (Å²) in [4.78, 5) is 3.12. The Morgan fingerprint density at radius 1 is 1.00 bits per heavy atom. The molecule has 0 aliphatic carbocycles. The summed E-state index contributed by atoms with van der Waals surface area (Å²) in [5.74, 6) is 1.22. The summed E-state index contributed by atoms with van der Waals surface area (Å²) in [6, 6.07) is 10.5. The summed E-state index contributed by atoms with van der Waals surface area (Å²) >= 11 is 0. The Hall–Kier alpha value is -3.16. The SMILES string of the molecule is CCCc1c(OCCOc2cccc3[nH]ccc23)ccc2c(C(F)(F)F)noc12. The van der Waals surface area contributed by atoms with Crippen LogP contribution in [-0.2, 0) is 12.6 Å². The van der Waals surface area contributed by atoms with Gasteiger partial charge in [-0.1, -0.05) is 24.6 Å². The highest BCUT2D eigenvalue weighted by atomic mass is 19.4. The second kappa shape index (κ2) is 7.69. The van der Waals surface area contributed by atoms with Gasteiger partial charge in [0.15, 0.2) is 11.3 Å². The van der Waals surface area contributed by atoms with Gasteiger partial charge in [-0.25, -0.2) is 0 Å². The highest BCUT2D eigenvalue weighted by molar-refractivity contribution is 5.86. The molecule has 2 aromatic heterocycles. The van der Waals surface area contributed by atoms with Crippen molar-refractivity contribution in [1.29, 1.82) is 0 Å². The number of nitrogens with zero attached hydrogens (tertiary/aromatic N) is 1. The number of hydrogen-bond acceptors (Lipinski definition) is 4. The molecule has 29 heavy (non-hydrogen) atoms. The van der Waals surface area contributed by atoms with Gasteiger partial charge in [0, 0.05) is 22.7 Å². The number of aromatic amines is 1. The predicted octanol–water partition coefficient (Wildman–Crippen LogP) is 5.74. The molecule has 8 heteroatoms. The molecule has 0 radical (unpaired) electrons. The molecule has 0 aliphatic heterocycles. The molecule has 152 valence electrons. The van der Waals surface area contributed by atoms with E-state index in [2.05, 4.69) is 10.1 Å². The van der Waals surface area contributed by atoms with Gasteiger partial charge in [0.25, 0.3) is 0 Å². The van der Waals surface area contributed by atoms with Crippen molar-refractivity contribution in [3.05, 3.63) is 53.9 Å². The Kier molecular flexibility index (Phi) is 5.08. The number of halogens is 3. The number of alkyl halides is 3. The van der Waals surface area contributed by atoms with Crippen LogP contribution in [0.2, 0.25) is 0 Å². The molecule has 1 N–H and O–H groups in total. The summed E-state index contributed by atoms with van der Waals surface area (Å²) < 4.78 is 55.9. The maximum Gasteiger partial charge on any atom is 0.437 e. The fourth-order valence-electron chi connectivity index (χ4n) is 3.35. The molecule has 0 unspecified atom stereocenters. The number of fused-ring (bicyclic) bond motifs is 2. The van der Waals surface area contributed by atoms with Gasteiger partial charge in [-0.3, -0.25) is 0 Å². The third-order valence-electron chi connectivity index (χ3n) is 4.62. The molecule has 5 nitrogen and oxygen atoms in total. The Labute approximate surface area is 164 Å². The second-order valence-electron chi connectivity index (χ2n) is 6.59. The van der Waals surface area contributed by atoms with Crippen LogP contribution in [0.1, 0.15) is 24.6 Å². The normalized spacial score (nSPS) is 12.0. The highest BCUT2D eigenvalue weighted by Crippen LogP contribution is 2.38. The topological polar surface area (TPSA) is 60.3 Å². The van der Waals surface area contributed by atoms with Crippen LogP contribution in [0.5, 0.6) is 11.5 Å². The van der Waals surface area contributed by atoms with Crippen LogP contribution in [0.25, 0.3) is 21.9 Å². The smallest absolute Gasteiger partial charge is 0.437 e. The van der Waals surface area contributed by atoms with Crippen LogP contribution in [0, 0.1) is 0 Å². The van der Waals surface area contributed by atoms with Crippen LogP contribution < -0.4 is 9.47 Å². The van der Waals surface area contributed by atoms with Crippen molar-refractivity contribution in [2.24, 2.45) is 0 Å². The van der Waals surface area contributed by atoms with Crippen molar-refractivity contribution in [2.75, 3.05) is 13.2 Å². The van der Waals surface area contributed by atoms with E-state index in [-0.39, 0.29) is 24.2 Å². The number of nitrogens with one attached hydrogen (secondary N) is 1. The highest BCUT2D eigenvalue weighted by Gasteiger charge is 2.37. The van der Waals surface area contributed by atoms with E-state index in [1.54, 1.807) is 0 Å². The predicted molar refractivity (Wildman–Crippen MR) is 102 cm³/mol. The van der Waals surface area contributed by atoms with E-state index in [1.807, 2.05) is 37.4 Å². The Bertz CT molecular complexity index is 1130. The van der Waals surface area contributed by atoms with Crippen molar-refractivity contribution in [2.45, 2.75) is 25.9 Å². The van der Waals surface area contributed by atoms with Crippen LogP contribution in [0.4, 0.5) is 13.2 Å². The largest absolute Gasteiger partial charge is 0.490 e. The molecule has 4 aromatic rings. The summed E-state index contributed by atoms with van der Waals surface area (Å²) in [5, 5.41) is 4.15. The molecule has 2 aromatic carbocycles. The van der Waals surface area contributed by atoms with Crippen LogP contribution in [0.15, 0.2) is 47.1 Å². The molecule has 0 atom stereocenters. The number of ether oxygens (including phenoxy) is 2. The van der Waals surface area contributed by atoms with Crippen molar-refractivity contribution in [3.63, 3.8) is 0 Å². The molecular weight excluding hydrogens is 385 g/mol. The molecule has 0 saturated carbocycles. The number of hydrogen-bond donors (Lipinski definition) is 1. The van der Waals surface area contributed by atoms with Gasteiger partial charge in [-0.15, -0.1) is 0 Å². The average molecular weight is 404 g/mol. The van der Waals surface area contributed by atoms with E-state index >= 15 is 0 Å². The first-order valence-corrected chi connectivity index (χ1v) is 9.29. The number of aryl methyl sites for hydroxylation is 1. The van der Waals surface area contributed by atoms with E-state index in [4.69, 9.17) is 14.0 Å². The average Bonchev–Trinajstić information content (AvgIpc) is 3.33. The first-order chi connectivity index (χ1) is 14.0. The zero-order valence-corrected chi connectivity index (χ0v) is 15.7. The summed E-state index contributed by atoms with van der Waals surface area (Å²) in [6.45, 7) is 2.46. The zero-order chi connectivity index (χ0) is 20.4. The lowest BCUT2D eigenvalue weighted by Crippen LogP contribution is -2.10. The van der Waals surface area contributed by atoms with Crippen molar-refractivity contribution < 1.29 is 27.2 Å². The third kappa shape index (κ3) is 3.74. The lowest BCUT2D eigenvalue weighted by Gasteiger charge is -2.12. The zero-order valence-electron chi connectivity index (χ0n) is 15.7. The van der Waals surface area contributed by atoms with Gasteiger partial charge in [0.2, 0.25) is 0 Å². The summed E-state index contributed by atoms with van der Waals surface area (Å²) in [6.07, 6.45) is -1.48. The fraction of sp³-hybridized carbons (Fsp3) is 0.286. The lowest BCUT2D eigenvalue weighted by atomic mass is 10.0.